The Bertz CT molecular complexity index is 544. The smallest absolute Gasteiger partial charge is 0.319 e. The first-order chi connectivity index (χ1) is 9.94. The van der Waals surface area contributed by atoms with Crippen LogP contribution in [0.2, 0.25) is 0 Å². The van der Waals surface area contributed by atoms with Gasteiger partial charge in [0.25, 0.3) is 6.43 Å². The second-order valence-electron chi connectivity index (χ2n) is 4.92. The van der Waals surface area contributed by atoms with Crippen LogP contribution in [0.4, 0.5) is 8.78 Å². The Morgan fingerprint density at radius 1 is 1.38 bits per heavy atom. The number of aliphatic carboxylic acids is 1. The maximum absolute atomic E-state index is 12.1. The minimum Gasteiger partial charge on any atom is -0.488 e. The zero-order valence-electron chi connectivity index (χ0n) is 11.1. The van der Waals surface area contributed by atoms with Gasteiger partial charge in [-0.05, 0) is 30.5 Å². The summed E-state index contributed by atoms with van der Waals surface area (Å²) < 4.78 is 29.0. The van der Waals surface area contributed by atoms with Crippen molar-refractivity contribution in [2.45, 2.75) is 25.8 Å². The van der Waals surface area contributed by atoms with Crippen LogP contribution in [0.1, 0.15) is 18.4 Å². The summed E-state index contributed by atoms with van der Waals surface area (Å²) in [6, 6.07) is 6.37. The lowest BCUT2D eigenvalue weighted by atomic mass is 10.1. The summed E-state index contributed by atoms with van der Waals surface area (Å²) in [7, 11) is 0. The molecule has 0 bridgehead atoms. The molecule has 1 aliphatic rings. The molecule has 7 heteroatoms. The van der Waals surface area contributed by atoms with Crippen LogP contribution < -0.4 is 10.1 Å². The predicted molar refractivity (Wildman–Crippen MR) is 69.1 cm³/mol. The van der Waals surface area contributed by atoms with Gasteiger partial charge in [-0.1, -0.05) is 12.1 Å². The summed E-state index contributed by atoms with van der Waals surface area (Å²) in [5.74, 6) is -1.36. The first-order valence-electron chi connectivity index (χ1n) is 6.45. The first-order valence-corrected chi connectivity index (χ1v) is 6.45. The van der Waals surface area contributed by atoms with E-state index in [0.717, 1.165) is 0 Å². The summed E-state index contributed by atoms with van der Waals surface area (Å²) in [5, 5.41) is 11.5. The van der Waals surface area contributed by atoms with Crippen molar-refractivity contribution in [1.82, 2.24) is 5.32 Å². The number of carbonyl (C=O) groups is 2. The van der Waals surface area contributed by atoms with Crippen LogP contribution in [0.15, 0.2) is 24.3 Å². The fraction of sp³-hybridized carbons (Fsp3) is 0.429. The van der Waals surface area contributed by atoms with E-state index in [9.17, 15) is 18.4 Å². The van der Waals surface area contributed by atoms with Gasteiger partial charge in [-0.2, -0.15) is 0 Å². The average molecular weight is 299 g/mol. The Kier molecular flexibility index (Phi) is 4.40. The van der Waals surface area contributed by atoms with Gasteiger partial charge in [-0.25, -0.2) is 8.78 Å². The normalized spacial score (nSPS) is 15.6. The Morgan fingerprint density at radius 3 is 2.67 bits per heavy atom. The molecule has 21 heavy (non-hydrogen) atoms. The van der Waals surface area contributed by atoms with Gasteiger partial charge in [0.15, 0.2) is 0 Å². The molecule has 114 valence electrons. The second-order valence-corrected chi connectivity index (χ2v) is 4.92. The van der Waals surface area contributed by atoms with E-state index in [0.29, 0.717) is 18.4 Å². The van der Waals surface area contributed by atoms with Gasteiger partial charge < -0.3 is 15.2 Å². The van der Waals surface area contributed by atoms with Crippen molar-refractivity contribution >= 4 is 11.9 Å². The summed E-state index contributed by atoms with van der Waals surface area (Å²) in [4.78, 5) is 22.8. The monoisotopic (exact) mass is 299 g/mol. The SMILES string of the molecule is O=C(O)C1(C(=O)NCc2cccc(OCC(F)F)c2)CC1. The molecule has 0 heterocycles. The molecule has 1 amide bonds. The van der Waals surface area contributed by atoms with Gasteiger partial charge in [0.2, 0.25) is 5.91 Å². The molecule has 1 aromatic rings. The van der Waals surface area contributed by atoms with Crippen molar-refractivity contribution in [2.75, 3.05) is 6.61 Å². The van der Waals surface area contributed by atoms with E-state index in [2.05, 4.69) is 5.32 Å². The minimum absolute atomic E-state index is 0.125. The maximum Gasteiger partial charge on any atom is 0.319 e. The van der Waals surface area contributed by atoms with Crippen molar-refractivity contribution in [3.05, 3.63) is 29.8 Å². The van der Waals surface area contributed by atoms with Gasteiger partial charge in [0.1, 0.15) is 17.8 Å². The Labute approximate surface area is 119 Å². The number of carbonyl (C=O) groups excluding carboxylic acids is 1. The third-order valence-electron chi connectivity index (χ3n) is 3.32. The van der Waals surface area contributed by atoms with Crippen molar-refractivity contribution in [3.8, 4) is 5.75 Å². The van der Waals surface area contributed by atoms with E-state index in [1.807, 2.05) is 0 Å². The number of halogens is 2. The number of nitrogens with one attached hydrogen (secondary N) is 1. The van der Waals surface area contributed by atoms with Crippen LogP contribution in [0.25, 0.3) is 0 Å². The van der Waals surface area contributed by atoms with E-state index in [1.165, 1.54) is 12.1 Å². The summed E-state index contributed by atoms with van der Waals surface area (Å²) in [5.41, 5.74) is -0.639. The highest BCUT2D eigenvalue weighted by atomic mass is 19.3. The molecule has 0 atom stereocenters. The van der Waals surface area contributed by atoms with Crippen LogP contribution in [0.5, 0.6) is 5.75 Å². The van der Waals surface area contributed by atoms with Crippen LogP contribution in [-0.4, -0.2) is 30.0 Å². The van der Waals surface area contributed by atoms with Crippen LogP contribution in [-0.2, 0) is 16.1 Å². The van der Waals surface area contributed by atoms with Gasteiger partial charge in [0, 0.05) is 6.54 Å². The molecule has 1 aromatic carbocycles. The number of carboxylic acids is 1. The molecule has 0 spiro atoms. The van der Waals surface area contributed by atoms with Gasteiger partial charge in [-0.3, -0.25) is 9.59 Å². The molecule has 0 aromatic heterocycles. The lowest BCUT2D eigenvalue weighted by Crippen LogP contribution is -2.36. The van der Waals surface area contributed by atoms with Crippen molar-refractivity contribution < 1.29 is 28.2 Å². The highest BCUT2D eigenvalue weighted by Gasteiger charge is 2.56. The lowest BCUT2D eigenvalue weighted by Gasteiger charge is -2.12. The van der Waals surface area contributed by atoms with Crippen molar-refractivity contribution in [2.24, 2.45) is 5.41 Å². The largest absolute Gasteiger partial charge is 0.488 e. The van der Waals surface area contributed by atoms with E-state index in [1.54, 1.807) is 12.1 Å². The zero-order valence-corrected chi connectivity index (χ0v) is 11.1. The molecule has 1 fully saturated rings. The number of amides is 1. The molecule has 0 aliphatic heterocycles. The van der Waals surface area contributed by atoms with E-state index in [-0.39, 0.29) is 12.3 Å². The number of hydrogen-bond donors (Lipinski definition) is 2. The molecule has 2 rings (SSSR count). The zero-order chi connectivity index (χ0) is 15.5. The minimum atomic E-state index is -2.56. The second kappa shape index (κ2) is 6.07. The predicted octanol–water partition coefficient (Wildman–Crippen LogP) is 1.81. The number of hydrogen-bond acceptors (Lipinski definition) is 3. The van der Waals surface area contributed by atoms with E-state index >= 15 is 0 Å². The summed E-state index contributed by atoms with van der Waals surface area (Å²) in [6.45, 7) is -0.572. The fourth-order valence-corrected chi connectivity index (χ4v) is 1.92. The first kappa shape index (κ1) is 15.2. The van der Waals surface area contributed by atoms with Gasteiger partial charge in [0.05, 0.1) is 0 Å². The molecule has 2 N–H and O–H groups in total. The quantitative estimate of drug-likeness (QED) is 0.753. The standard InChI is InChI=1S/C14H15F2NO4/c15-11(16)8-21-10-3-1-2-9(6-10)7-17-12(18)14(4-5-14)13(19)20/h1-3,6,11H,4-5,7-8H2,(H,17,18)(H,19,20). The Morgan fingerprint density at radius 2 is 2.10 bits per heavy atom. The van der Waals surface area contributed by atoms with Crippen molar-refractivity contribution in [1.29, 1.82) is 0 Å². The molecular formula is C14H15F2NO4. The summed E-state index contributed by atoms with van der Waals surface area (Å²) >= 11 is 0. The molecule has 0 radical (unpaired) electrons. The third-order valence-corrected chi connectivity index (χ3v) is 3.32. The number of benzene rings is 1. The van der Waals surface area contributed by atoms with E-state index in [4.69, 9.17) is 9.84 Å². The number of rotatable bonds is 7. The molecule has 5 nitrogen and oxygen atoms in total. The third kappa shape index (κ3) is 3.68. The fourth-order valence-electron chi connectivity index (χ4n) is 1.92. The summed E-state index contributed by atoms with van der Waals surface area (Å²) in [6.07, 6.45) is -1.88. The van der Waals surface area contributed by atoms with Crippen molar-refractivity contribution in [3.63, 3.8) is 0 Å². The lowest BCUT2D eigenvalue weighted by molar-refractivity contribution is -0.149. The number of ether oxygens (including phenoxy) is 1. The molecule has 1 saturated carbocycles. The number of alkyl halides is 2. The molecule has 0 unspecified atom stereocenters. The molecular weight excluding hydrogens is 284 g/mol. The maximum atomic E-state index is 12.1. The van der Waals surface area contributed by atoms with Crippen LogP contribution in [0.3, 0.4) is 0 Å². The topological polar surface area (TPSA) is 75.6 Å². The highest BCUT2D eigenvalue weighted by Crippen LogP contribution is 2.46. The Hall–Kier alpha value is -2.18. The highest BCUT2D eigenvalue weighted by molar-refractivity contribution is 6.04. The number of carboxylic acid groups (broad SMARTS) is 1. The van der Waals surface area contributed by atoms with Crippen LogP contribution >= 0.6 is 0 Å². The van der Waals surface area contributed by atoms with Crippen LogP contribution in [0, 0.1) is 5.41 Å². The van der Waals surface area contributed by atoms with Gasteiger partial charge >= 0.3 is 5.97 Å². The average Bonchev–Trinajstić information content (AvgIpc) is 3.24. The molecule has 0 saturated heterocycles. The van der Waals surface area contributed by atoms with E-state index < -0.39 is 30.3 Å². The molecule has 1 aliphatic carbocycles. The Balaban J connectivity index is 1.90. The van der Waals surface area contributed by atoms with Gasteiger partial charge in [-0.15, -0.1) is 0 Å².